The van der Waals surface area contributed by atoms with Crippen molar-refractivity contribution in [1.29, 1.82) is 0 Å². The van der Waals surface area contributed by atoms with Crippen LogP contribution < -0.4 is 4.74 Å². The van der Waals surface area contributed by atoms with Gasteiger partial charge in [-0.1, -0.05) is 42.6 Å². The van der Waals surface area contributed by atoms with E-state index in [0.717, 1.165) is 48.8 Å². The fourth-order valence-corrected chi connectivity index (χ4v) is 5.88. The van der Waals surface area contributed by atoms with Gasteiger partial charge >= 0.3 is 0 Å². The van der Waals surface area contributed by atoms with Crippen LogP contribution in [0.1, 0.15) is 80.9 Å². The Kier molecular flexibility index (Phi) is 8.80. The van der Waals surface area contributed by atoms with E-state index in [1.165, 1.54) is 25.7 Å². The third kappa shape index (κ3) is 6.43. The zero-order valence-electron chi connectivity index (χ0n) is 20.7. The molecule has 4 unspecified atom stereocenters. The van der Waals surface area contributed by atoms with Gasteiger partial charge in [-0.05, 0) is 111 Å². The second-order valence-electron chi connectivity index (χ2n) is 10.1. The van der Waals surface area contributed by atoms with Crippen LogP contribution in [0.3, 0.4) is 0 Å². The van der Waals surface area contributed by atoms with Gasteiger partial charge in [0.25, 0.3) is 0 Å². The number of hydrogen-bond acceptors (Lipinski definition) is 1. The van der Waals surface area contributed by atoms with Gasteiger partial charge in [0, 0.05) is 5.56 Å². The number of hydrogen-bond donors (Lipinski definition) is 0. The fraction of sp³-hybridized carbons (Fsp3) is 0.438. The summed E-state index contributed by atoms with van der Waals surface area (Å²) in [5, 5.41) is 0. The molecule has 3 heteroatoms. The normalized spacial score (nSPS) is 23.9. The molecule has 1 nitrogen and oxygen atoms in total. The van der Waals surface area contributed by atoms with Gasteiger partial charge in [0.2, 0.25) is 0 Å². The molecule has 2 aromatic rings. The molecule has 0 aromatic heterocycles. The van der Waals surface area contributed by atoms with E-state index in [0.29, 0.717) is 18.1 Å². The van der Waals surface area contributed by atoms with Crippen LogP contribution in [0.4, 0.5) is 8.78 Å². The first-order chi connectivity index (χ1) is 17.1. The highest BCUT2D eigenvalue weighted by molar-refractivity contribution is 5.46. The van der Waals surface area contributed by atoms with E-state index in [2.05, 4.69) is 18.4 Å². The van der Waals surface area contributed by atoms with Crippen molar-refractivity contribution in [1.82, 2.24) is 0 Å². The van der Waals surface area contributed by atoms with Crippen molar-refractivity contribution in [3.05, 3.63) is 89.5 Å². The first-order valence-corrected chi connectivity index (χ1v) is 13.0. The molecule has 2 aliphatic rings. The van der Waals surface area contributed by atoms with E-state index < -0.39 is 11.6 Å². The van der Waals surface area contributed by atoms with E-state index in [9.17, 15) is 4.39 Å². The van der Waals surface area contributed by atoms with E-state index in [1.54, 1.807) is 12.1 Å². The minimum Gasteiger partial charge on any atom is -0.490 e. The Balaban J connectivity index is 1.40. The molecule has 4 atom stereocenters. The molecule has 0 heterocycles. The van der Waals surface area contributed by atoms with E-state index >= 15 is 4.39 Å². The summed E-state index contributed by atoms with van der Waals surface area (Å²) in [5.74, 6) is 7.26. The minimum atomic E-state index is -0.823. The van der Waals surface area contributed by atoms with E-state index in [1.807, 2.05) is 49.4 Å². The average molecular weight is 475 g/mol. The molecule has 2 aliphatic carbocycles. The van der Waals surface area contributed by atoms with Crippen molar-refractivity contribution in [3.8, 4) is 17.6 Å². The Labute approximate surface area is 209 Å². The molecule has 0 aliphatic heterocycles. The van der Waals surface area contributed by atoms with Gasteiger partial charge in [0.15, 0.2) is 11.6 Å². The van der Waals surface area contributed by atoms with Gasteiger partial charge in [-0.25, -0.2) is 8.78 Å². The van der Waals surface area contributed by atoms with Crippen LogP contribution in [0.25, 0.3) is 0 Å². The first-order valence-electron chi connectivity index (χ1n) is 13.0. The van der Waals surface area contributed by atoms with Crippen LogP contribution in [0.15, 0.2) is 61.2 Å². The molecule has 2 fully saturated rings. The van der Waals surface area contributed by atoms with Crippen molar-refractivity contribution >= 4 is 0 Å². The van der Waals surface area contributed by atoms with E-state index in [-0.39, 0.29) is 11.5 Å². The summed E-state index contributed by atoms with van der Waals surface area (Å²) in [5.41, 5.74) is 1.37. The maximum absolute atomic E-state index is 15.1. The van der Waals surface area contributed by atoms with Gasteiger partial charge in [-0.2, -0.15) is 0 Å². The maximum atomic E-state index is 15.1. The highest BCUT2D eigenvalue weighted by Gasteiger charge is 2.36. The Morgan fingerprint density at radius 3 is 2.49 bits per heavy atom. The Hall–Kier alpha value is -2.86. The third-order valence-electron chi connectivity index (χ3n) is 7.83. The molecule has 184 valence electrons. The van der Waals surface area contributed by atoms with Gasteiger partial charge in [-0.15, -0.1) is 6.58 Å². The molecular formula is C32H36F2O. The van der Waals surface area contributed by atoms with Crippen LogP contribution in [0.5, 0.6) is 5.75 Å². The van der Waals surface area contributed by atoms with Gasteiger partial charge in [-0.3, -0.25) is 0 Å². The predicted molar refractivity (Wildman–Crippen MR) is 139 cm³/mol. The third-order valence-corrected chi connectivity index (χ3v) is 7.83. The van der Waals surface area contributed by atoms with Gasteiger partial charge in [0.05, 0.1) is 5.56 Å². The standard InChI is InChI=1S/C32H36F2O/c1-3-5-7-24-9-13-27-22-28(15-14-26(27)21-24)30-19-16-25(31(33)32(30)34)12-8-23-10-17-29(18-11-23)35-20-6-4-2/h3-4,6,10-11,16-19,24,26-28H,1,5,7,9,13-15,20-22H2,2H3/b6-4+. The van der Waals surface area contributed by atoms with Crippen LogP contribution in [0, 0.1) is 41.2 Å². The van der Waals surface area contributed by atoms with E-state index in [4.69, 9.17) is 4.74 Å². The minimum absolute atomic E-state index is 0.104. The SMILES string of the molecule is C=CCCC1CCC2CC(c3ccc(C#Cc4ccc(OC/C=C/C)cc4)c(F)c3F)CCC2C1. The Bertz CT molecular complexity index is 1090. The number of halogens is 2. The molecule has 0 N–H and O–H groups in total. The molecule has 0 bridgehead atoms. The van der Waals surface area contributed by atoms with Crippen molar-refractivity contribution in [2.24, 2.45) is 17.8 Å². The van der Waals surface area contributed by atoms with Gasteiger partial charge in [0.1, 0.15) is 12.4 Å². The lowest BCUT2D eigenvalue weighted by Gasteiger charge is -2.42. The number of fused-ring (bicyclic) bond motifs is 1. The monoisotopic (exact) mass is 474 g/mol. The number of ether oxygens (including phenoxy) is 1. The van der Waals surface area contributed by atoms with Crippen LogP contribution in [-0.4, -0.2) is 6.61 Å². The molecule has 0 saturated heterocycles. The molecular weight excluding hydrogens is 438 g/mol. The lowest BCUT2D eigenvalue weighted by molar-refractivity contribution is 0.114. The molecule has 2 aromatic carbocycles. The average Bonchev–Trinajstić information content (AvgIpc) is 2.89. The quantitative estimate of drug-likeness (QED) is 0.288. The van der Waals surface area contributed by atoms with Crippen molar-refractivity contribution in [2.45, 2.75) is 64.2 Å². The molecule has 0 radical (unpaired) electrons. The summed E-state index contributed by atoms with van der Waals surface area (Å²) in [6.45, 7) is 6.31. The summed E-state index contributed by atoms with van der Waals surface area (Å²) in [4.78, 5) is 0. The summed E-state index contributed by atoms with van der Waals surface area (Å²) >= 11 is 0. The highest BCUT2D eigenvalue weighted by Crippen LogP contribution is 2.48. The fourth-order valence-electron chi connectivity index (χ4n) is 5.88. The maximum Gasteiger partial charge on any atom is 0.174 e. The van der Waals surface area contributed by atoms with Crippen LogP contribution in [-0.2, 0) is 0 Å². The summed E-state index contributed by atoms with van der Waals surface area (Å²) in [6, 6.07) is 10.7. The molecule has 35 heavy (non-hydrogen) atoms. The zero-order chi connectivity index (χ0) is 24.6. The zero-order valence-corrected chi connectivity index (χ0v) is 20.7. The van der Waals surface area contributed by atoms with Crippen molar-refractivity contribution in [3.63, 3.8) is 0 Å². The summed E-state index contributed by atoms with van der Waals surface area (Å²) in [7, 11) is 0. The topological polar surface area (TPSA) is 9.23 Å². The van der Waals surface area contributed by atoms with Crippen LogP contribution in [0.2, 0.25) is 0 Å². The second-order valence-corrected chi connectivity index (χ2v) is 10.1. The van der Waals surface area contributed by atoms with Crippen molar-refractivity contribution < 1.29 is 13.5 Å². The van der Waals surface area contributed by atoms with Crippen LogP contribution >= 0.6 is 0 Å². The lowest BCUT2D eigenvalue weighted by atomic mass is 9.63. The second kappa shape index (κ2) is 12.2. The number of rotatable bonds is 7. The summed E-state index contributed by atoms with van der Waals surface area (Å²) in [6.07, 6.45) is 15.0. The highest BCUT2D eigenvalue weighted by atomic mass is 19.2. The predicted octanol–water partition coefficient (Wildman–Crippen LogP) is 8.59. The lowest BCUT2D eigenvalue weighted by Crippen LogP contribution is -2.30. The largest absolute Gasteiger partial charge is 0.490 e. The molecule has 2 saturated carbocycles. The van der Waals surface area contributed by atoms with Crippen molar-refractivity contribution in [2.75, 3.05) is 6.61 Å². The van der Waals surface area contributed by atoms with Gasteiger partial charge < -0.3 is 4.74 Å². The number of benzene rings is 2. The molecule has 0 spiro atoms. The summed E-state index contributed by atoms with van der Waals surface area (Å²) < 4.78 is 35.6. The molecule has 4 rings (SSSR count). The Morgan fingerprint density at radius 2 is 1.71 bits per heavy atom. The molecule has 0 amide bonds. The smallest absolute Gasteiger partial charge is 0.174 e. The number of allylic oxidation sites excluding steroid dienone is 2. The first kappa shape index (κ1) is 25.2. The Morgan fingerprint density at radius 1 is 0.943 bits per heavy atom.